The lowest BCUT2D eigenvalue weighted by Crippen LogP contribution is -2.55. The maximum Gasteiger partial charge on any atom is 0.410 e. The summed E-state index contributed by atoms with van der Waals surface area (Å²) in [6.07, 6.45) is -1.64. The summed E-state index contributed by atoms with van der Waals surface area (Å²) in [7, 11) is 0. The summed E-state index contributed by atoms with van der Waals surface area (Å²) in [4.78, 5) is 13.4. The third-order valence-corrected chi connectivity index (χ3v) is 4.03. The number of likely N-dealkylation sites (tertiary alicyclic amines) is 1. The van der Waals surface area contributed by atoms with E-state index in [1.165, 1.54) is 11.0 Å². The monoisotopic (exact) mass is 325 g/mol. The SMILES string of the molecule is Cc1ccc([C@@]2(O)CCN(C(=O)OC(C)(C)C)C[C@@H]2O)cc1F. The third kappa shape index (κ3) is 3.82. The number of aryl methyl sites for hydroxylation is 1. The van der Waals surface area contributed by atoms with Crippen LogP contribution < -0.4 is 0 Å². The summed E-state index contributed by atoms with van der Waals surface area (Å²) in [5.41, 5.74) is -1.42. The number of benzene rings is 1. The fourth-order valence-corrected chi connectivity index (χ4v) is 2.61. The molecule has 1 heterocycles. The molecule has 0 saturated carbocycles. The number of carbonyl (C=O) groups excluding carboxylic acids is 1. The molecule has 0 aromatic heterocycles. The molecule has 1 aromatic carbocycles. The van der Waals surface area contributed by atoms with Gasteiger partial charge in [0.1, 0.15) is 23.1 Å². The van der Waals surface area contributed by atoms with Crippen LogP contribution >= 0.6 is 0 Å². The molecule has 0 spiro atoms. The van der Waals surface area contributed by atoms with E-state index in [-0.39, 0.29) is 19.5 Å². The maximum atomic E-state index is 13.7. The van der Waals surface area contributed by atoms with Crippen LogP contribution in [0.3, 0.4) is 0 Å². The molecule has 1 aromatic rings. The Morgan fingerprint density at radius 1 is 1.43 bits per heavy atom. The first-order valence-corrected chi connectivity index (χ1v) is 7.68. The van der Waals surface area contributed by atoms with E-state index in [0.717, 1.165) is 0 Å². The average Bonchev–Trinajstić information content (AvgIpc) is 2.43. The fraction of sp³-hybridized carbons (Fsp3) is 0.588. The second-order valence-electron chi connectivity index (χ2n) is 7.08. The van der Waals surface area contributed by atoms with Crippen LogP contribution in [0.4, 0.5) is 9.18 Å². The fourth-order valence-electron chi connectivity index (χ4n) is 2.61. The van der Waals surface area contributed by atoms with Crippen molar-refractivity contribution >= 4 is 6.09 Å². The van der Waals surface area contributed by atoms with E-state index >= 15 is 0 Å². The number of aliphatic hydroxyl groups is 2. The van der Waals surface area contributed by atoms with Crippen molar-refractivity contribution in [3.63, 3.8) is 0 Å². The minimum Gasteiger partial charge on any atom is -0.444 e. The molecule has 23 heavy (non-hydrogen) atoms. The molecule has 0 unspecified atom stereocenters. The van der Waals surface area contributed by atoms with Crippen LogP contribution in [0.5, 0.6) is 0 Å². The Kier molecular flexibility index (Phi) is 4.69. The van der Waals surface area contributed by atoms with Crippen molar-refractivity contribution in [1.82, 2.24) is 4.90 Å². The standard InChI is InChI=1S/C17H24FNO4/c1-11-5-6-12(9-13(11)18)17(22)7-8-19(10-14(17)20)15(21)23-16(2,3)4/h5-6,9,14,20,22H,7-8,10H2,1-4H3/t14-,17-/m0/s1. The molecule has 128 valence electrons. The second-order valence-corrected chi connectivity index (χ2v) is 7.08. The number of amides is 1. The van der Waals surface area contributed by atoms with Crippen molar-refractivity contribution in [1.29, 1.82) is 0 Å². The van der Waals surface area contributed by atoms with Gasteiger partial charge in [-0.1, -0.05) is 12.1 Å². The summed E-state index contributed by atoms with van der Waals surface area (Å²) in [6, 6.07) is 4.40. The first kappa shape index (κ1) is 17.7. The minimum absolute atomic E-state index is 0.0685. The van der Waals surface area contributed by atoms with Crippen LogP contribution in [-0.2, 0) is 10.3 Å². The van der Waals surface area contributed by atoms with Crippen LogP contribution in [0.25, 0.3) is 0 Å². The highest BCUT2D eigenvalue weighted by molar-refractivity contribution is 5.68. The molecule has 2 N–H and O–H groups in total. The normalized spacial score (nSPS) is 25.3. The molecule has 0 aliphatic carbocycles. The quantitative estimate of drug-likeness (QED) is 0.831. The predicted octanol–water partition coefficient (Wildman–Crippen LogP) is 2.32. The number of aliphatic hydroxyl groups excluding tert-OH is 1. The smallest absolute Gasteiger partial charge is 0.410 e. The molecule has 6 heteroatoms. The van der Waals surface area contributed by atoms with Crippen molar-refractivity contribution in [2.75, 3.05) is 13.1 Å². The van der Waals surface area contributed by atoms with Crippen LogP contribution in [0, 0.1) is 12.7 Å². The summed E-state index contributed by atoms with van der Waals surface area (Å²) in [5, 5.41) is 21.1. The Hall–Kier alpha value is -1.66. The average molecular weight is 325 g/mol. The van der Waals surface area contributed by atoms with E-state index in [1.807, 2.05) is 0 Å². The zero-order valence-electron chi connectivity index (χ0n) is 14.0. The van der Waals surface area contributed by atoms with Gasteiger partial charge in [-0.2, -0.15) is 0 Å². The lowest BCUT2D eigenvalue weighted by atomic mass is 9.82. The number of hydrogen-bond acceptors (Lipinski definition) is 4. The van der Waals surface area contributed by atoms with Crippen LogP contribution in [0.1, 0.15) is 38.3 Å². The van der Waals surface area contributed by atoms with Crippen molar-refractivity contribution in [3.05, 3.63) is 35.1 Å². The van der Waals surface area contributed by atoms with Gasteiger partial charge in [0.15, 0.2) is 0 Å². The molecular formula is C17H24FNO4. The van der Waals surface area contributed by atoms with Gasteiger partial charge in [0.2, 0.25) is 0 Å². The first-order chi connectivity index (χ1) is 10.5. The Labute approximate surface area is 135 Å². The maximum absolute atomic E-state index is 13.7. The molecule has 1 aliphatic heterocycles. The Morgan fingerprint density at radius 3 is 2.61 bits per heavy atom. The van der Waals surface area contributed by atoms with Crippen molar-refractivity contribution in [2.24, 2.45) is 0 Å². The van der Waals surface area contributed by atoms with E-state index in [4.69, 9.17) is 4.74 Å². The van der Waals surface area contributed by atoms with Crippen molar-refractivity contribution in [2.45, 2.75) is 51.4 Å². The molecule has 2 atom stereocenters. The molecule has 1 amide bonds. The van der Waals surface area contributed by atoms with Crippen molar-refractivity contribution in [3.8, 4) is 0 Å². The number of ether oxygens (including phenoxy) is 1. The molecule has 0 radical (unpaired) electrons. The number of piperidine rings is 1. The van der Waals surface area contributed by atoms with Crippen LogP contribution in [0.15, 0.2) is 18.2 Å². The van der Waals surface area contributed by atoms with Gasteiger partial charge in [-0.15, -0.1) is 0 Å². The Morgan fingerprint density at radius 2 is 2.09 bits per heavy atom. The minimum atomic E-state index is -1.58. The lowest BCUT2D eigenvalue weighted by molar-refractivity contribution is -0.123. The Bertz CT molecular complexity index is 599. The lowest BCUT2D eigenvalue weighted by Gasteiger charge is -2.42. The molecule has 2 rings (SSSR count). The molecule has 5 nitrogen and oxygen atoms in total. The molecule has 1 fully saturated rings. The molecule has 1 saturated heterocycles. The van der Waals surface area contributed by atoms with Crippen molar-refractivity contribution < 1.29 is 24.1 Å². The highest BCUT2D eigenvalue weighted by Crippen LogP contribution is 2.34. The van der Waals surface area contributed by atoms with E-state index in [1.54, 1.807) is 39.8 Å². The van der Waals surface area contributed by atoms with Crippen LogP contribution in [0.2, 0.25) is 0 Å². The summed E-state index contributed by atoms with van der Waals surface area (Å²) >= 11 is 0. The molecule has 0 bridgehead atoms. The highest BCUT2D eigenvalue weighted by Gasteiger charge is 2.44. The number of carbonyl (C=O) groups is 1. The summed E-state index contributed by atoms with van der Waals surface area (Å²) < 4.78 is 19.0. The first-order valence-electron chi connectivity index (χ1n) is 7.68. The van der Waals surface area contributed by atoms with Crippen LogP contribution in [-0.4, -0.2) is 46.0 Å². The third-order valence-electron chi connectivity index (χ3n) is 4.03. The van der Waals surface area contributed by atoms with Gasteiger partial charge in [-0.25, -0.2) is 9.18 Å². The highest BCUT2D eigenvalue weighted by atomic mass is 19.1. The van der Waals surface area contributed by atoms with E-state index < -0.39 is 29.2 Å². The molecular weight excluding hydrogens is 301 g/mol. The number of halogens is 1. The largest absolute Gasteiger partial charge is 0.444 e. The number of rotatable bonds is 1. The summed E-state index contributed by atoms with van der Waals surface area (Å²) in [5.74, 6) is -0.433. The zero-order chi connectivity index (χ0) is 17.4. The number of hydrogen-bond donors (Lipinski definition) is 2. The number of nitrogens with zero attached hydrogens (tertiary/aromatic N) is 1. The van der Waals surface area contributed by atoms with E-state index in [2.05, 4.69) is 0 Å². The van der Waals surface area contributed by atoms with Gasteiger partial charge in [0, 0.05) is 13.0 Å². The second kappa shape index (κ2) is 6.09. The molecule has 1 aliphatic rings. The van der Waals surface area contributed by atoms with E-state index in [0.29, 0.717) is 11.1 Å². The van der Waals surface area contributed by atoms with Gasteiger partial charge >= 0.3 is 6.09 Å². The zero-order valence-corrected chi connectivity index (χ0v) is 14.0. The van der Waals surface area contributed by atoms with Gasteiger partial charge in [-0.3, -0.25) is 0 Å². The van der Waals surface area contributed by atoms with Gasteiger partial charge in [-0.05, 0) is 44.9 Å². The van der Waals surface area contributed by atoms with Gasteiger partial charge in [0.05, 0.1) is 6.54 Å². The predicted molar refractivity (Wildman–Crippen MR) is 83.5 cm³/mol. The van der Waals surface area contributed by atoms with Gasteiger partial charge < -0.3 is 19.8 Å². The van der Waals surface area contributed by atoms with E-state index in [9.17, 15) is 19.4 Å². The number of β-amino-alcohol motifs (C(OH)–C–C–N with tert-alkyl or cyclic N) is 1. The topological polar surface area (TPSA) is 70.0 Å². The Balaban J connectivity index is 2.14. The van der Waals surface area contributed by atoms with Gasteiger partial charge in [0.25, 0.3) is 0 Å². The summed E-state index contributed by atoms with van der Waals surface area (Å²) in [6.45, 7) is 7.06.